The van der Waals surface area contributed by atoms with Crippen LogP contribution in [0, 0.1) is 23.5 Å². The smallest absolute Gasteiger partial charge is 0.414 e. The molecule has 2 aliphatic heterocycles. The summed E-state index contributed by atoms with van der Waals surface area (Å²) in [5.74, 6) is 0.520. The lowest BCUT2D eigenvalue weighted by atomic mass is 10.0. The number of nitrogens with zero attached hydrogens (tertiary/aromatic N) is 5. The molecule has 6 rings (SSSR count). The number of carbonyl (C=O) groups excluding carboxylic acids is 2. The number of carbonyl (C=O) groups is 2. The number of amides is 2. The highest BCUT2D eigenvalue weighted by atomic mass is 32.2. The molecule has 3 aliphatic rings. The maximum atomic E-state index is 15.3. The largest absolute Gasteiger partial charge is 0.444 e. The molecule has 2 unspecified atom stereocenters. The van der Waals surface area contributed by atoms with Crippen LogP contribution in [-0.4, -0.2) is 61.9 Å². The predicted molar refractivity (Wildman–Crippen MR) is 143 cm³/mol. The zero-order chi connectivity index (χ0) is 28.2. The Balaban J connectivity index is 1.21. The molecule has 2 amide bonds. The van der Waals surface area contributed by atoms with Gasteiger partial charge in [-0.1, -0.05) is 11.3 Å². The molecule has 210 valence electrons. The van der Waals surface area contributed by atoms with E-state index in [-0.39, 0.29) is 41.7 Å². The van der Waals surface area contributed by atoms with Crippen LogP contribution in [-0.2, 0) is 21.6 Å². The number of hydrogen-bond donors (Lipinski definition) is 1. The third-order valence-corrected chi connectivity index (χ3v) is 8.59. The number of pyridine rings is 1. The molecule has 10 nitrogen and oxygen atoms in total. The van der Waals surface area contributed by atoms with Gasteiger partial charge in [0, 0.05) is 29.8 Å². The number of thioether (sulfide) groups is 1. The van der Waals surface area contributed by atoms with Crippen molar-refractivity contribution in [3.8, 4) is 11.1 Å². The molecule has 1 saturated carbocycles. The van der Waals surface area contributed by atoms with Crippen molar-refractivity contribution in [2.75, 3.05) is 23.0 Å². The van der Waals surface area contributed by atoms with Gasteiger partial charge in [-0.05, 0) is 50.5 Å². The second-order valence-corrected chi connectivity index (χ2v) is 12.3. The van der Waals surface area contributed by atoms with Crippen LogP contribution < -0.4 is 10.2 Å². The van der Waals surface area contributed by atoms with Gasteiger partial charge < -0.3 is 14.8 Å². The van der Waals surface area contributed by atoms with E-state index in [1.54, 1.807) is 39.1 Å². The summed E-state index contributed by atoms with van der Waals surface area (Å²) in [6.45, 7) is 5.78. The molecule has 2 aromatic heterocycles. The zero-order valence-electron chi connectivity index (χ0n) is 22.1. The van der Waals surface area contributed by atoms with Crippen molar-refractivity contribution in [2.24, 2.45) is 11.8 Å². The molecule has 2 saturated heterocycles. The van der Waals surface area contributed by atoms with Crippen molar-refractivity contribution >= 4 is 29.6 Å². The van der Waals surface area contributed by atoms with Crippen molar-refractivity contribution in [3.63, 3.8) is 0 Å². The summed E-state index contributed by atoms with van der Waals surface area (Å²) in [4.78, 5) is 30.8. The fraction of sp³-hybridized carbons (Fsp3) is 0.444. The molecular weight excluding hydrogens is 542 g/mol. The lowest BCUT2D eigenvalue weighted by Gasteiger charge is -2.26. The Morgan fingerprint density at radius 2 is 1.95 bits per heavy atom. The highest BCUT2D eigenvalue weighted by Gasteiger charge is 2.69. The summed E-state index contributed by atoms with van der Waals surface area (Å²) in [7, 11) is 0. The van der Waals surface area contributed by atoms with Crippen LogP contribution >= 0.6 is 11.8 Å². The minimum atomic E-state index is -0.835. The van der Waals surface area contributed by atoms with Gasteiger partial charge in [-0.25, -0.2) is 23.1 Å². The van der Waals surface area contributed by atoms with Gasteiger partial charge in [0.25, 0.3) is 0 Å². The number of aromatic nitrogens is 4. The Hall–Kier alpha value is -3.74. The molecule has 3 fully saturated rings. The fourth-order valence-electron chi connectivity index (χ4n) is 5.60. The number of benzene rings is 1. The monoisotopic (exact) mass is 570 g/mol. The third kappa shape index (κ3) is 4.76. The van der Waals surface area contributed by atoms with Gasteiger partial charge in [0.15, 0.2) is 0 Å². The first-order valence-electron chi connectivity index (χ1n) is 12.9. The molecule has 1 N–H and O–H groups in total. The molecule has 1 aliphatic carbocycles. The van der Waals surface area contributed by atoms with Gasteiger partial charge in [0.05, 0.1) is 41.8 Å². The topological polar surface area (TPSA) is 111 Å². The minimum Gasteiger partial charge on any atom is -0.444 e. The number of halogens is 2. The Kier molecular flexibility index (Phi) is 6.43. The van der Waals surface area contributed by atoms with Crippen molar-refractivity contribution in [3.05, 3.63) is 60.2 Å². The zero-order valence-corrected chi connectivity index (χ0v) is 23.0. The van der Waals surface area contributed by atoms with E-state index in [1.807, 2.05) is 11.8 Å². The molecule has 4 heterocycles. The Morgan fingerprint density at radius 3 is 2.55 bits per heavy atom. The Morgan fingerprint density at radius 1 is 1.23 bits per heavy atom. The van der Waals surface area contributed by atoms with Gasteiger partial charge in [0.1, 0.15) is 23.3 Å². The van der Waals surface area contributed by atoms with Crippen molar-refractivity contribution in [2.45, 2.75) is 44.6 Å². The van der Waals surface area contributed by atoms with E-state index in [0.29, 0.717) is 5.69 Å². The highest BCUT2D eigenvalue weighted by molar-refractivity contribution is 7.99. The predicted octanol–water partition coefficient (Wildman–Crippen LogP) is 4.36. The number of rotatable bonds is 6. The Labute approximate surface area is 233 Å². The van der Waals surface area contributed by atoms with Crippen LogP contribution in [0.15, 0.2) is 42.9 Å². The summed E-state index contributed by atoms with van der Waals surface area (Å²) in [5.41, 5.74) is -0.633. The van der Waals surface area contributed by atoms with Gasteiger partial charge >= 0.3 is 12.2 Å². The first-order valence-corrected chi connectivity index (χ1v) is 14.1. The van der Waals surface area contributed by atoms with Crippen molar-refractivity contribution < 1.29 is 27.8 Å². The standard InChI is InChI=1S/C27H28F2N6O4S/c1-26(2,3)39-24(36)32-27(18-13-40-14-19(18)27)22-5-4-15(10-30-22)23-20(28)8-16(9-21(23)29)35-12-17(38-25(35)37)11-34-7-6-31-33-34/h4-10,17-19H,11-14H2,1-3H3,(H,32,36)/t17-,18?,19?,27?/m0/s1. The number of anilines is 1. The minimum absolute atomic E-state index is 0.0539. The number of fused-ring (bicyclic) bond motifs is 1. The molecule has 3 aromatic rings. The maximum Gasteiger partial charge on any atom is 0.414 e. The summed E-state index contributed by atoms with van der Waals surface area (Å²) in [6, 6.07) is 5.52. The van der Waals surface area contributed by atoms with Crippen LogP contribution in [0.3, 0.4) is 0 Å². The molecule has 1 aromatic carbocycles. The van der Waals surface area contributed by atoms with E-state index in [4.69, 9.17) is 9.47 Å². The molecular formula is C27H28F2N6O4S. The summed E-state index contributed by atoms with van der Waals surface area (Å²) >= 11 is 1.82. The molecule has 0 bridgehead atoms. The van der Waals surface area contributed by atoms with Crippen LogP contribution in [0.4, 0.5) is 24.1 Å². The second kappa shape index (κ2) is 9.72. The lowest BCUT2D eigenvalue weighted by molar-refractivity contribution is 0.0484. The second-order valence-electron chi connectivity index (χ2n) is 11.2. The van der Waals surface area contributed by atoms with E-state index < -0.39 is 41.1 Å². The first-order chi connectivity index (χ1) is 19.0. The van der Waals surface area contributed by atoms with Gasteiger partial charge in [-0.3, -0.25) is 9.88 Å². The van der Waals surface area contributed by atoms with E-state index in [0.717, 1.165) is 23.6 Å². The average Bonchev–Trinajstić information content (AvgIpc) is 3.41. The van der Waals surface area contributed by atoms with Crippen LogP contribution in [0.1, 0.15) is 26.5 Å². The summed E-state index contributed by atoms with van der Waals surface area (Å²) in [5, 5.41) is 10.6. The number of alkyl carbamates (subject to hydrolysis) is 1. The number of ether oxygens (including phenoxy) is 2. The maximum absolute atomic E-state index is 15.3. The van der Waals surface area contributed by atoms with Crippen LogP contribution in [0.25, 0.3) is 11.1 Å². The van der Waals surface area contributed by atoms with Gasteiger partial charge in [-0.2, -0.15) is 11.8 Å². The Bertz CT molecular complexity index is 1410. The number of nitrogens with one attached hydrogen (secondary N) is 1. The molecule has 13 heteroatoms. The quantitative estimate of drug-likeness (QED) is 0.466. The lowest BCUT2D eigenvalue weighted by Crippen LogP contribution is -2.42. The normalized spacial score (nSPS) is 25.5. The average molecular weight is 571 g/mol. The highest BCUT2D eigenvalue weighted by Crippen LogP contribution is 2.64. The first kappa shape index (κ1) is 26.5. The molecule has 0 radical (unpaired) electrons. The van der Waals surface area contributed by atoms with Gasteiger partial charge in [0.2, 0.25) is 0 Å². The van der Waals surface area contributed by atoms with E-state index in [9.17, 15) is 9.59 Å². The number of cyclic esters (lactones) is 1. The van der Waals surface area contributed by atoms with E-state index >= 15 is 8.78 Å². The molecule has 0 spiro atoms. The SMILES string of the molecule is CC(C)(C)OC(=O)NC1(c2ccc(-c3c(F)cc(N4C[C@H](Cn5ccnn5)OC4=O)cc3F)cn2)C2CSCC21. The van der Waals surface area contributed by atoms with E-state index in [1.165, 1.54) is 22.0 Å². The summed E-state index contributed by atoms with van der Waals surface area (Å²) < 4.78 is 42.9. The molecule has 40 heavy (non-hydrogen) atoms. The van der Waals surface area contributed by atoms with Gasteiger partial charge in [-0.15, -0.1) is 5.10 Å². The molecule has 3 atom stereocenters. The third-order valence-electron chi connectivity index (χ3n) is 7.40. The van der Waals surface area contributed by atoms with E-state index in [2.05, 4.69) is 20.6 Å². The van der Waals surface area contributed by atoms with Crippen LogP contribution in [0.5, 0.6) is 0 Å². The summed E-state index contributed by atoms with van der Waals surface area (Å²) in [6.07, 6.45) is 2.79. The number of hydrogen-bond acceptors (Lipinski definition) is 8. The van der Waals surface area contributed by atoms with Crippen LogP contribution in [0.2, 0.25) is 0 Å². The van der Waals surface area contributed by atoms with Crippen molar-refractivity contribution in [1.29, 1.82) is 0 Å². The van der Waals surface area contributed by atoms with Crippen molar-refractivity contribution in [1.82, 2.24) is 25.3 Å². The fourth-order valence-corrected chi connectivity index (χ4v) is 7.24.